The number of fused-ring (bicyclic) bond motifs is 6. The minimum absolute atomic E-state index is 0.0332. The third kappa shape index (κ3) is 9.07. The fourth-order valence-electron chi connectivity index (χ4n) is 11.6. The average molecular weight is 1020 g/mol. The number of Topliss-reactive ketones (excluding diaryl/α,β-unsaturated/α-hetero) is 1. The van der Waals surface area contributed by atoms with E-state index >= 15 is 0 Å². The Labute approximate surface area is 428 Å². The molecular weight excluding hydrogens is 957 g/mol. The van der Waals surface area contributed by atoms with Gasteiger partial charge in [0, 0.05) is 81.8 Å². The first kappa shape index (κ1) is 51.1. The van der Waals surface area contributed by atoms with Crippen LogP contribution in [0.3, 0.4) is 0 Å². The van der Waals surface area contributed by atoms with Crippen molar-refractivity contribution < 1.29 is 72.4 Å². The van der Waals surface area contributed by atoms with Gasteiger partial charge in [-0.1, -0.05) is 66.7 Å². The van der Waals surface area contributed by atoms with Crippen molar-refractivity contribution in [1.82, 2.24) is 14.7 Å². The van der Waals surface area contributed by atoms with E-state index in [1.165, 1.54) is 30.1 Å². The highest BCUT2D eigenvalue weighted by molar-refractivity contribution is 6.32. The first-order valence-corrected chi connectivity index (χ1v) is 25.0. The molecular formula is C55H62N4O15. The summed E-state index contributed by atoms with van der Waals surface area (Å²) in [5, 5.41) is 46.1. The van der Waals surface area contributed by atoms with Gasteiger partial charge in [-0.3, -0.25) is 19.9 Å². The highest BCUT2D eigenvalue weighted by Gasteiger charge is 2.55. The highest BCUT2D eigenvalue weighted by atomic mass is 16.7. The molecule has 2 amide bonds. The van der Waals surface area contributed by atoms with Crippen molar-refractivity contribution in [2.45, 2.75) is 113 Å². The fraction of sp³-hybridized carbons (Fsp3) is 0.473. The Morgan fingerprint density at radius 3 is 2.32 bits per heavy atom. The van der Waals surface area contributed by atoms with Gasteiger partial charge in [-0.15, -0.1) is 0 Å². The predicted octanol–water partition coefficient (Wildman–Crippen LogP) is 6.18. The van der Waals surface area contributed by atoms with Crippen molar-refractivity contribution in [2.75, 3.05) is 54.1 Å². The van der Waals surface area contributed by atoms with Crippen LogP contribution in [0.15, 0.2) is 72.8 Å². The molecule has 8 atom stereocenters. The molecule has 4 saturated heterocycles. The molecule has 10 rings (SSSR count). The number of benzene rings is 4. The zero-order chi connectivity index (χ0) is 52.4. The van der Waals surface area contributed by atoms with Crippen LogP contribution in [0.5, 0.6) is 17.2 Å². The van der Waals surface area contributed by atoms with Crippen molar-refractivity contribution in [2.24, 2.45) is 0 Å². The number of hydrogen-bond donors (Lipinski definition) is 4. The van der Waals surface area contributed by atoms with E-state index in [9.17, 15) is 39.9 Å². The Kier molecular flexibility index (Phi) is 13.8. The zero-order valence-electron chi connectivity index (χ0n) is 42.2. The number of phenols is 2. The van der Waals surface area contributed by atoms with Gasteiger partial charge in [-0.2, -0.15) is 0 Å². The largest absolute Gasteiger partial charge is 0.507 e. The third-order valence-electron chi connectivity index (χ3n) is 15.7. The Balaban J connectivity index is 0.833. The van der Waals surface area contributed by atoms with Gasteiger partial charge < -0.3 is 63.0 Å². The molecule has 4 fully saturated rings. The Bertz CT molecular complexity index is 2850. The minimum atomic E-state index is -2.36. The molecule has 0 saturated carbocycles. The number of ketones is 2. The van der Waals surface area contributed by atoms with Crippen molar-refractivity contribution in [1.29, 1.82) is 5.41 Å². The second-order valence-corrected chi connectivity index (χ2v) is 20.4. The monoisotopic (exact) mass is 1020 g/mol. The van der Waals surface area contributed by atoms with Gasteiger partial charge in [0.25, 0.3) is 0 Å². The summed E-state index contributed by atoms with van der Waals surface area (Å²) in [6.45, 7) is 5.97. The number of hydrogen-bond acceptors (Lipinski definition) is 17. The molecule has 4 aliphatic heterocycles. The maximum atomic E-state index is 14.3. The molecule has 4 aromatic carbocycles. The molecule has 2 aliphatic carbocycles. The number of rotatable bonds is 11. The number of nitrogens with zero attached hydrogens (tertiary/aromatic N) is 3. The zero-order valence-corrected chi connectivity index (χ0v) is 42.2. The van der Waals surface area contributed by atoms with Gasteiger partial charge in [0.05, 0.1) is 48.3 Å². The van der Waals surface area contributed by atoms with E-state index in [0.717, 1.165) is 16.7 Å². The fourth-order valence-corrected chi connectivity index (χ4v) is 11.6. The maximum absolute atomic E-state index is 14.3. The maximum Gasteiger partial charge on any atom is 0.410 e. The number of carbonyl (C=O) groups is 4. The van der Waals surface area contributed by atoms with Crippen LogP contribution in [-0.4, -0.2) is 162 Å². The summed E-state index contributed by atoms with van der Waals surface area (Å²) < 4.78 is 47.8. The van der Waals surface area contributed by atoms with E-state index in [1.807, 2.05) is 75.4 Å². The van der Waals surface area contributed by atoms with E-state index in [2.05, 4.69) is 4.90 Å². The highest BCUT2D eigenvalue weighted by Crippen LogP contribution is 2.53. The number of ether oxygens (including phenoxy) is 8. The second kappa shape index (κ2) is 20.0. The predicted molar refractivity (Wildman–Crippen MR) is 264 cm³/mol. The van der Waals surface area contributed by atoms with Crippen LogP contribution in [0.1, 0.15) is 96.3 Å². The molecule has 19 nitrogen and oxygen atoms in total. The normalized spacial score (nSPS) is 26.7. The lowest BCUT2D eigenvalue weighted by Gasteiger charge is -2.43. The summed E-state index contributed by atoms with van der Waals surface area (Å²) >= 11 is 0. The van der Waals surface area contributed by atoms with Crippen LogP contribution < -0.4 is 4.74 Å². The van der Waals surface area contributed by atoms with Gasteiger partial charge >= 0.3 is 12.2 Å². The Morgan fingerprint density at radius 2 is 1.62 bits per heavy atom. The molecule has 4 aromatic rings. The van der Waals surface area contributed by atoms with Crippen LogP contribution in [0.4, 0.5) is 9.59 Å². The molecule has 392 valence electrons. The van der Waals surface area contributed by atoms with Gasteiger partial charge in [-0.25, -0.2) is 9.59 Å². The number of phenolic OH excluding ortho intramolecular Hbond substituents is 2. The van der Waals surface area contributed by atoms with Gasteiger partial charge in [0.1, 0.15) is 34.6 Å². The lowest BCUT2D eigenvalue weighted by molar-refractivity contribution is -0.256. The average Bonchev–Trinajstić information content (AvgIpc) is 3.81. The lowest BCUT2D eigenvalue weighted by Crippen LogP contribution is -2.55. The molecule has 4 heterocycles. The molecule has 74 heavy (non-hydrogen) atoms. The first-order chi connectivity index (χ1) is 35.4. The van der Waals surface area contributed by atoms with Crippen LogP contribution in [0, 0.1) is 5.41 Å². The van der Waals surface area contributed by atoms with Gasteiger partial charge in [0.15, 0.2) is 31.2 Å². The van der Waals surface area contributed by atoms with Gasteiger partial charge in [-0.05, 0) is 56.4 Å². The standard InChI is InChI=1S/C55H62N4O15/c1-29-49-36(59-23-24-69-51(68-6)50(59)73-49)25-40(71-29)72-38-27-55(66,26-35-42(38)48(63)43-44(47(35)62)46(61)34-13-10-14-37(67-5)41(34)45(43)56)39(60)28-70-53(65)58-21-19-33(20-22-58)57(4)52(64)74-54(2,3)32-17-15-31(16-18-32)30-11-8-7-9-12-30/h7-18,29,33,36,38,40,49-51,56,62-63,66H,19-28H2,1-6H3/t29-,36-,38-,40-,49+,50+,51-,55-/m0/s1. The second-order valence-electron chi connectivity index (χ2n) is 20.4. The van der Waals surface area contributed by atoms with E-state index in [1.54, 1.807) is 19.2 Å². The number of methoxy groups -OCH3 is 2. The number of likely N-dealkylation sites (tertiary alicyclic amines) is 1. The molecule has 4 N–H and O–H groups in total. The molecule has 19 heteroatoms. The number of morpholine rings is 1. The van der Waals surface area contributed by atoms with E-state index in [-0.39, 0.29) is 82.5 Å². The first-order valence-electron chi connectivity index (χ1n) is 25.0. The summed E-state index contributed by atoms with van der Waals surface area (Å²) in [6.07, 6.45) is -5.77. The number of amides is 2. The van der Waals surface area contributed by atoms with Crippen LogP contribution >= 0.6 is 0 Å². The Hall–Kier alpha value is -6.45. The smallest absolute Gasteiger partial charge is 0.410 e. The summed E-state index contributed by atoms with van der Waals surface area (Å²) in [4.78, 5) is 60.7. The summed E-state index contributed by atoms with van der Waals surface area (Å²) in [5.41, 5.74) is -1.29. The quantitative estimate of drug-likeness (QED) is 0.108. The van der Waals surface area contributed by atoms with Crippen LogP contribution in [0.2, 0.25) is 0 Å². The molecule has 0 aromatic heterocycles. The number of aliphatic hydroxyl groups is 1. The molecule has 6 aliphatic rings. The van der Waals surface area contributed by atoms with E-state index in [4.69, 9.17) is 37.9 Å². The third-order valence-corrected chi connectivity index (χ3v) is 15.7. The van der Waals surface area contributed by atoms with Crippen molar-refractivity contribution in [3.05, 3.63) is 112 Å². The number of piperidine rings is 1. The van der Waals surface area contributed by atoms with Crippen molar-refractivity contribution >= 4 is 29.5 Å². The van der Waals surface area contributed by atoms with Crippen molar-refractivity contribution in [3.63, 3.8) is 0 Å². The number of aromatic hydroxyl groups is 2. The summed E-state index contributed by atoms with van der Waals surface area (Å²) in [7, 11) is 4.59. The molecule has 0 bridgehead atoms. The van der Waals surface area contributed by atoms with Crippen LogP contribution in [0.25, 0.3) is 11.1 Å². The van der Waals surface area contributed by atoms with Crippen LogP contribution in [-0.2, 0) is 50.0 Å². The Morgan fingerprint density at radius 1 is 0.905 bits per heavy atom. The summed E-state index contributed by atoms with van der Waals surface area (Å²) in [5.74, 6) is -2.61. The molecule has 0 spiro atoms. The lowest BCUT2D eigenvalue weighted by atomic mass is 9.71. The SMILES string of the molecule is COc1cccc2c1C(=N)c1c(O)c3c(c(O)c1C2=O)C[C@@](O)(C(=O)COC(=O)N1CCC(N(C)C(=O)OC(C)(C)c2ccc(-c4ccccc4)cc2)CC1)C[C@@H]3O[C@H]1C[C@H]2[C@H](O[C@@H]3[C@@H](OC)OCCN32)[C@H](C)O1. The topological polar surface area (TPSA) is 236 Å². The minimum Gasteiger partial charge on any atom is -0.507 e. The van der Waals surface area contributed by atoms with Gasteiger partial charge in [0.2, 0.25) is 5.78 Å². The van der Waals surface area contributed by atoms with E-state index in [0.29, 0.717) is 26.0 Å². The van der Waals surface area contributed by atoms with Crippen molar-refractivity contribution in [3.8, 4) is 28.4 Å². The summed E-state index contributed by atoms with van der Waals surface area (Å²) in [6, 6.07) is 22.0. The molecule has 0 unspecified atom stereocenters. The van der Waals surface area contributed by atoms with E-state index < -0.39 is 96.9 Å². The number of nitrogens with one attached hydrogen (secondary N) is 1. The molecule has 0 radical (unpaired) electrons. The number of carbonyl (C=O) groups excluding carboxylic acids is 4.